The third-order valence-electron chi connectivity index (χ3n) is 5.59. The lowest BCUT2D eigenvalue weighted by Crippen LogP contribution is -2.31. The van der Waals surface area contributed by atoms with Gasteiger partial charge in [-0.3, -0.25) is 4.79 Å². The number of para-hydroxylation sites is 1. The molecule has 0 spiro atoms. The average Bonchev–Trinajstić information content (AvgIpc) is 2.75. The molecule has 156 valence electrons. The summed E-state index contributed by atoms with van der Waals surface area (Å²) in [6.07, 6.45) is 4.89. The monoisotopic (exact) mass is 395 g/mol. The molecule has 1 saturated carbocycles. The van der Waals surface area contributed by atoms with Crippen LogP contribution >= 0.6 is 0 Å². The number of hydrogen-bond acceptors (Lipinski definition) is 4. The third kappa shape index (κ3) is 6.50. The Morgan fingerprint density at radius 1 is 1.03 bits per heavy atom. The SMILES string of the molecule is CNCCCN(C)c1ccc(NC(=O)C2CCC(Oc3ccccc3)CC2)cc1. The zero-order valence-electron chi connectivity index (χ0n) is 17.6. The minimum atomic E-state index is 0.0644. The van der Waals surface area contributed by atoms with Gasteiger partial charge in [0.25, 0.3) is 0 Å². The van der Waals surface area contributed by atoms with E-state index < -0.39 is 0 Å². The minimum absolute atomic E-state index is 0.0644. The summed E-state index contributed by atoms with van der Waals surface area (Å²) in [5, 5.41) is 6.26. The van der Waals surface area contributed by atoms with Gasteiger partial charge in [0.05, 0.1) is 6.10 Å². The van der Waals surface area contributed by atoms with Crippen LogP contribution in [0.4, 0.5) is 11.4 Å². The van der Waals surface area contributed by atoms with Crippen LogP contribution in [0.25, 0.3) is 0 Å². The van der Waals surface area contributed by atoms with Crippen LogP contribution < -0.4 is 20.3 Å². The van der Waals surface area contributed by atoms with E-state index in [1.165, 1.54) is 0 Å². The molecule has 5 nitrogen and oxygen atoms in total. The molecule has 0 bridgehead atoms. The zero-order valence-corrected chi connectivity index (χ0v) is 17.6. The van der Waals surface area contributed by atoms with Crippen LogP contribution in [-0.4, -0.2) is 39.2 Å². The number of nitrogens with one attached hydrogen (secondary N) is 2. The van der Waals surface area contributed by atoms with Crippen LogP contribution in [0, 0.1) is 5.92 Å². The van der Waals surface area contributed by atoms with Gasteiger partial charge in [-0.05, 0) is 82.1 Å². The summed E-state index contributed by atoms with van der Waals surface area (Å²) in [5.74, 6) is 1.10. The maximum Gasteiger partial charge on any atom is 0.227 e. The molecule has 0 aliphatic heterocycles. The first-order valence-electron chi connectivity index (χ1n) is 10.6. The van der Waals surface area contributed by atoms with Crippen molar-refractivity contribution in [3.63, 3.8) is 0 Å². The van der Waals surface area contributed by atoms with Crippen LogP contribution in [0.1, 0.15) is 32.1 Å². The molecule has 0 atom stereocenters. The van der Waals surface area contributed by atoms with E-state index in [1.54, 1.807) is 0 Å². The Bertz CT molecular complexity index is 740. The van der Waals surface area contributed by atoms with Gasteiger partial charge in [-0.2, -0.15) is 0 Å². The van der Waals surface area contributed by atoms with Gasteiger partial charge in [-0.1, -0.05) is 18.2 Å². The Morgan fingerprint density at radius 2 is 1.72 bits per heavy atom. The highest BCUT2D eigenvalue weighted by Crippen LogP contribution is 2.29. The van der Waals surface area contributed by atoms with E-state index in [1.807, 2.05) is 49.5 Å². The van der Waals surface area contributed by atoms with E-state index in [-0.39, 0.29) is 17.9 Å². The van der Waals surface area contributed by atoms with E-state index in [9.17, 15) is 4.79 Å². The van der Waals surface area contributed by atoms with Crippen molar-refractivity contribution in [3.8, 4) is 5.75 Å². The Balaban J connectivity index is 1.43. The second kappa shape index (κ2) is 10.9. The molecule has 1 fully saturated rings. The number of benzene rings is 2. The molecule has 1 aliphatic rings. The average molecular weight is 396 g/mol. The van der Waals surface area contributed by atoms with E-state index in [4.69, 9.17) is 4.74 Å². The molecule has 5 heteroatoms. The van der Waals surface area contributed by atoms with Crippen molar-refractivity contribution in [1.29, 1.82) is 0 Å². The minimum Gasteiger partial charge on any atom is -0.490 e. The molecule has 2 aromatic carbocycles. The summed E-state index contributed by atoms with van der Waals surface area (Å²) in [7, 11) is 4.07. The summed E-state index contributed by atoms with van der Waals surface area (Å²) < 4.78 is 6.03. The van der Waals surface area contributed by atoms with Crippen molar-refractivity contribution >= 4 is 17.3 Å². The third-order valence-corrected chi connectivity index (χ3v) is 5.59. The first kappa shape index (κ1) is 21.2. The molecule has 0 saturated heterocycles. The Hall–Kier alpha value is -2.53. The van der Waals surface area contributed by atoms with Crippen molar-refractivity contribution in [2.75, 3.05) is 37.4 Å². The number of amides is 1. The standard InChI is InChI=1S/C24H33N3O2/c1-25-17-6-18-27(2)21-13-11-20(12-14-21)26-24(28)19-9-15-23(16-10-19)29-22-7-4-3-5-8-22/h3-5,7-8,11-14,19,23,25H,6,9-10,15-18H2,1-2H3,(H,26,28). The van der Waals surface area contributed by atoms with Gasteiger partial charge >= 0.3 is 0 Å². The van der Waals surface area contributed by atoms with Crippen molar-refractivity contribution in [1.82, 2.24) is 5.32 Å². The molecule has 1 amide bonds. The van der Waals surface area contributed by atoms with Crippen LogP contribution in [-0.2, 0) is 4.79 Å². The fraction of sp³-hybridized carbons (Fsp3) is 0.458. The molecular formula is C24H33N3O2. The lowest BCUT2D eigenvalue weighted by atomic mass is 9.86. The van der Waals surface area contributed by atoms with Crippen molar-refractivity contribution in [2.24, 2.45) is 5.92 Å². The van der Waals surface area contributed by atoms with Gasteiger partial charge in [0.15, 0.2) is 0 Å². The predicted molar refractivity (Wildman–Crippen MR) is 120 cm³/mol. The summed E-state index contributed by atoms with van der Waals surface area (Å²) in [4.78, 5) is 14.9. The molecule has 0 radical (unpaired) electrons. The first-order valence-corrected chi connectivity index (χ1v) is 10.6. The van der Waals surface area contributed by atoms with Gasteiger partial charge in [0, 0.05) is 30.9 Å². The molecule has 29 heavy (non-hydrogen) atoms. The molecule has 2 N–H and O–H groups in total. The van der Waals surface area contributed by atoms with E-state index >= 15 is 0 Å². The summed E-state index contributed by atoms with van der Waals surface area (Å²) in [5.41, 5.74) is 2.03. The largest absolute Gasteiger partial charge is 0.490 e. The highest BCUT2D eigenvalue weighted by molar-refractivity contribution is 5.92. The van der Waals surface area contributed by atoms with Crippen LogP contribution in [0.15, 0.2) is 54.6 Å². The molecular weight excluding hydrogens is 362 g/mol. The fourth-order valence-corrected chi connectivity index (χ4v) is 3.80. The topological polar surface area (TPSA) is 53.6 Å². The number of hydrogen-bond donors (Lipinski definition) is 2. The Morgan fingerprint density at radius 3 is 2.38 bits per heavy atom. The molecule has 3 rings (SSSR count). The number of carbonyl (C=O) groups excluding carboxylic acids is 1. The summed E-state index contributed by atoms with van der Waals surface area (Å²) >= 11 is 0. The number of ether oxygens (including phenoxy) is 1. The van der Waals surface area contributed by atoms with Crippen LogP contribution in [0.5, 0.6) is 5.75 Å². The second-order valence-electron chi connectivity index (χ2n) is 7.82. The molecule has 0 aromatic heterocycles. The fourth-order valence-electron chi connectivity index (χ4n) is 3.80. The second-order valence-corrected chi connectivity index (χ2v) is 7.82. The van der Waals surface area contributed by atoms with Gasteiger partial charge in [-0.25, -0.2) is 0 Å². The van der Waals surface area contributed by atoms with Crippen molar-refractivity contribution in [3.05, 3.63) is 54.6 Å². The first-order chi connectivity index (χ1) is 14.2. The van der Waals surface area contributed by atoms with Crippen molar-refractivity contribution in [2.45, 2.75) is 38.2 Å². The van der Waals surface area contributed by atoms with E-state index in [0.717, 1.165) is 62.3 Å². The highest BCUT2D eigenvalue weighted by Gasteiger charge is 2.27. The molecule has 1 aliphatic carbocycles. The van der Waals surface area contributed by atoms with Crippen LogP contribution in [0.3, 0.4) is 0 Å². The number of rotatable bonds is 9. The van der Waals surface area contributed by atoms with Gasteiger partial charge < -0.3 is 20.3 Å². The van der Waals surface area contributed by atoms with Gasteiger partial charge in [0.2, 0.25) is 5.91 Å². The Labute approximate surface area is 174 Å². The zero-order chi connectivity index (χ0) is 20.5. The maximum atomic E-state index is 12.7. The number of anilines is 2. The van der Waals surface area contributed by atoms with Crippen molar-refractivity contribution < 1.29 is 9.53 Å². The van der Waals surface area contributed by atoms with Gasteiger partial charge in [0.1, 0.15) is 5.75 Å². The molecule has 0 unspecified atom stereocenters. The summed E-state index contributed by atoms with van der Waals surface area (Å²) in [6, 6.07) is 18.1. The van der Waals surface area contributed by atoms with Gasteiger partial charge in [-0.15, -0.1) is 0 Å². The Kier molecular flexibility index (Phi) is 7.94. The lowest BCUT2D eigenvalue weighted by Gasteiger charge is -2.28. The lowest BCUT2D eigenvalue weighted by molar-refractivity contribution is -0.121. The summed E-state index contributed by atoms with van der Waals surface area (Å²) in [6.45, 7) is 2.01. The van der Waals surface area contributed by atoms with Crippen LogP contribution in [0.2, 0.25) is 0 Å². The maximum absolute atomic E-state index is 12.7. The van der Waals surface area contributed by atoms with E-state index in [0.29, 0.717) is 0 Å². The number of nitrogens with zero attached hydrogens (tertiary/aromatic N) is 1. The van der Waals surface area contributed by atoms with E-state index in [2.05, 4.69) is 34.7 Å². The molecule has 0 heterocycles. The molecule has 2 aromatic rings. The smallest absolute Gasteiger partial charge is 0.227 e. The predicted octanol–water partition coefficient (Wildman–Crippen LogP) is 4.31. The quantitative estimate of drug-likeness (QED) is 0.621. The highest BCUT2D eigenvalue weighted by atomic mass is 16.5. The number of carbonyl (C=O) groups is 1. The normalized spacial score (nSPS) is 18.8.